The smallest absolute Gasteiger partial charge is 0.245 e. The van der Waals surface area contributed by atoms with Crippen molar-refractivity contribution >= 4 is 45.1 Å². The maximum absolute atomic E-state index is 12.9. The predicted octanol–water partition coefficient (Wildman–Crippen LogP) is 2.25. The van der Waals surface area contributed by atoms with Gasteiger partial charge in [-0.3, -0.25) is 9.59 Å². The first-order valence-corrected chi connectivity index (χ1v) is 12.1. The number of carbonyl (C=O) groups excluding carboxylic acids is 2. The fourth-order valence-corrected chi connectivity index (χ4v) is 5.91. The van der Waals surface area contributed by atoms with E-state index in [4.69, 9.17) is 0 Å². The average Bonchev–Trinajstić information content (AvgIpc) is 3.27. The minimum Gasteiger partial charge on any atom is -0.309 e. The van der Waals surface area contributed by atoms with Crippen LogP contribution in [0.1, 0.15) is 18.4 Å². The number of aromatic nitrogens is 1. The minimum atomic E-state index is -3.62. The summed E-state index contributed by atoms with van der Waals surface area (Å²) < 4.78 is 27.3. The zero-order valence-corrected chi connectivity index (χ0v) is 18.1. The summed E-state index contributed by atoms with van der Waals surface area (Å²) in [4.78, 5) is 31.5. The lowest BCUT2D eigenvalue weighted by Gasteiger charge is -2.29. The van der Waals surface area contributed by atoms with Gasteiger partial charge in [-0.05, 0) is 49.6 Å². The molecule has 0 spiro atoms. The van der Waals surface area contributed by atoms with Crippen LogP contribution >= 0.6 is 11.8 Å². The molecular formula is C20H22N4O4S2. The molecule has 0 aliphatic carbocycles. The van der Waals surface area contributed by atoms with Gasteiger partial charge in [-0.15, -0.1) is 11.8 Å². The summed E-state index contributed by atoms with van der Waals surface area (Å²) in [5, 5.41) is 2.68. The van der Waals surface area contributed by atoms with Crippen molar-refractivity contribution in [3.05, 3.63) is 42.1 Å². The summed E-state index contributed by atoms with van der Waals surface area (Å²) in [6.45, 7) is 2.69. The third-order valence-corrected chi connectivity index (χ3v) is 8.00. The molecule has 0 unspecified atom stereocenters. The maximum Gasteiger partial charge on any atom is 0.245 e. The first-order valence-electron chi connectivity index (χ1n) is 9.64. The van der Waals surface area contributed by atoms with Gasteiger partial charge in [0.15, 0.2) is 0 Å². The molecular weight excluding hydrogens is 424 g/mol. The molecule has 158 valence electrons. The summed E-state index contributed by atoms with van der Waals surface area (Å²) in [5.41, 5.74) is 1.42. The third kappa shape index (κ3) is 4.21. The Kier molecular flexibility index (Phi) is 5.81. The standard InChI is InChI=1S/C20H22N4O4S2/c1-14-4-7-18(21-11-14)22-19(25)12-24-16-10-15(5-6-17(16)29-13-20(24)26)30(27,28)23-8-2-3-9-23/h4-7,10-11H,2-3,8-9,12-13H2,1H3,(H,21,22,25). The van der Waals surface area contributed by atoms with Crippen molar-refractivity contribution in [3.63, 3.8) is 0 Å². The van der Waals surface area contributed by atoms with E-state index in [2.05, 4.69) is 10.3 Å². The lowest BCUT2D eigenvalue weighted by atomic mass is 10.2. The highest BCUT2D eigenvalue weighted by atomic mass is 32.2. The topological polar surface area (TPSA) is 99.7 Å². The van der Waals surface area contributed by atoms with Crippen LogP contribution in [0.15, 0.2) is 46.3 Å². The second-order valence-corrected chi connectivity index (χ2v) is 10.2. The van der Waals surface area contributed by atoms with Gasteiger partial charge >= 0.3 is 0 Å². The molecule has 2 aliphatic heterocycles. The number of hydrogen-bond acceptors (Lipinski definition) is 6. The molecule has 0 atom stereocenters. The van der Waals surface area contributed by atoms with E-state index in [-0.39, 0.29) is 23.1 Å². The highest BCUT2D eigenvalue weighted by molar-refractivity contribution is 8.00. The van der Waals surface area contributed by atoms with Gasteiger partial charge in [0, 0.05) is 24.2 Å². The Hall–Kier alpha value is -2.43. The molecule has 1 aromatic heterocycles. The zero-order chi connectivity index (χ0) is 21.3. The number of hydrogen-bond donors (Lipinski definition) is 1. The van der Waals surface area contributed by atoms with E-state index < -0.39 is 15.9 Å². The Morgan fingerprint density at radius 1 is 1.20 bits per heavy atom. The Morgan fingerprint density at radius 3 is 2.67 bits per heavy atom. The van der Waals surface area contributed by atoms with Gasteiger partial charge in [0.2, 0.25) is 21.8 Å². The number of aryl methyl sites for hydroxylation is 1. The van der Waals surface area contributed by atoms with Crippen LogP contribution in [0.5, 0.6) is 0 Å². The van der Waals surface area contributed by atoms with Crippen molar-refractivity contribution in [2.45, 2.75) is 29.6 Å². The minimum absolute atomic E-state index is 0.143. The van der Waals surface area contributed by atoms with Crippen LogP contribution in [0, 0.1) is 6.92 Å². The van der Waals surface area contributed by atoms with Gasteiger partial charge in [-0.1, -0.05) is 6.07 Å². The number of pyridine rings is 1. The Labute approximate surface area is 179 Å². The number of amides is 2. The van der Waals surface area contributed by atoms with Crippen LogP contribution in [-0.4, -0.2) is 54.9 Å². The highest BCUT2D eigenvalue weighted by Gasteiger charge is 2.31. The van der Waals surface area contributed by atoms with Gasteiger partial charge < -0.3 is 10.2 Å². The van der Waals surface area contributed by atoms with Gasteiger partial charge in [-0.2, -0.15) is 4.31 Å². The average molecular weight is 447 g/mol. The summed E-state index contributed by atoms with van der Waals surface area (Å²) in [5.74, 6) is -0.0445. The molecule has 2 aromatic rings. The van der Waals surface area contributed by atoms with Crippen LogP contribution in [0.4, 0.5) is 11.5 Å². The van der Waals surface area contributed by atoms with Gasteiger partial charge in [0.1, 0.15) is 12.4 Å². The van der Waals surface area contributed by atoms with Crippen molar-refractivity contribution in [2.75, 3.05) is 35.6 Å². The first kappa shape index (κ1) is 20.8. The number of anilines is 2. The Bertz CT molecular complexity index is 1080. The number of nitrogens with one attached hydrogen (secondary N) is 1. The molecule has 0 saturated carbocycles. The third-order valence-electron chi connectivity index (χ3n) is 5.06. The molecule has 30 heavy (non-hydrogen) atoms. The number of benzene rings is 1. The van der Waals surface area contributed by atoms with E-state index in [1.807, 2.05) is 13.0 Å². The molecule has 1 aromatic carbocycles. The lowest BCUT2D eigenvalue weighted by Crippen LogP contribution is -2.41. The highest BCUT2D eigenvalue weighted by Crippen LogP contribution is 2.37. The summed E-state index contributed by atoms with van der Waals surface area (Å²) >= 11 is 1.34. The number of sulfonamides is 1. The first-order chi connectivity index (χ1) is 14.3. The molecule has 1 fully saturated rings. The van der Waals surface area contributed by atoms with E-state index in [0.717, 1.165) is 23.3 Å². The SMILES string of the molecule is Cc1ccc(NC(=O)CN2C(=O)CSc3ccc(S(=O)(=O)N4CCCC4)cc32)nc1. The molecule has 2 amide bonds. The quantitative estimate of drug-likeness (QED) is 0.756. The van der Waals surface area contributed by atoms with Crippen LogP contribution < -0.4 is 10.2 Å². The van der Waals surface area contributed by atoms with E-state index in [1.54, 1.807) is 24.4 Å². The Morgan fingerprint density at radius 2 is 1.97 bits per heavy atom. The lowest BCUT2D eigenvalue weighted by molar-refractivity contribution is -0.120. The monoisotopic (exact) mass is 446 g/mol. The second kappa shape index (κ2) is 8.37. The van der Waals surface area contributed by atoms with Gasteiger partial charge in [0.25, 0.3) is 0 Å². The number of nitrogens with zero attached hydrogens (tertiary/aromatic N) is 3. The summed E-state index contributed by atoms with van der Waals surface area (Å²) in [6.07, 6.45) is 3.33. The van der Waals surface area contributed by atoms with Gasteiger partial charge in [-0.25, -0.2) is 13.4 Å². The predicted molar refractivity (Wildman–Crippen MR) is 115 cm³/mol. The van der Waals surface area contributed by atoms with Crippen LogP contribution in [0.2, 0.25) is 0 Å². The number of carbonyl (C=O) groups is 2. The fourth-order valence-electron chi connectivity index (χ4n) is 3.46. The summed E-state index contributed by atoms with van der Waals surface area (Å²) in [6, 6.07) is 8.31. The van der Waals surface area contributed by atoms with E-state index >= 15 is 0 Å². The normalized spacial score (nSPS) is 17.1. The molecule has 2 aliphatic rings. The molecule has 3 heterocycles. The van der Waals surface area contributed by atoms with E-state index in [9.17, 15) is 18.0 Å². The molecule has 1 N–H and O–H groups in total. The van der Waals surface area contributed by atoms with Crippen LogP contribution in [-0.2, 0) is 19.6 Å². The maximum atomic E-state index is 12.9. The molecule has 10 heteroatoms. The van der Waals surface area contributed by atoms with Gasteiger partial charge in [0.05, 0.1) is 16.3 Å². The Balaban J connectivity index is 1.58. The van der Waals surface area contributed by atoms with Crippen molar-refractivity contribution in [3.8, 4) is 0 Å². The molecule has 1 saturated heterocycles. The largest absolute Gasteiger partial charge is 0.309 e. The summed E-state index contributed by atoms with van der Waals surface area (Å²) in [7, 11) is -3.62. The molecule has 0 radical (unpaired) electrons. The fraction of sp³-hybridized carbons (Fsp3) is 0.350. The zero-order valence-electron chi connectivity index (χ0n) is 16.5. The molecule has 8 nitrogen and oxygen atoms in total. The van der Waals surface area contributed by atoms with Crippen LogP contribution in [0.25, 0.3) is 0 Å². The molecule has 4 rings (SSSR count). The van der Waals surface area contributed by atoms with Crippen molar-refractivity contribution in [2.24, 2.45) is 0 Å². The number of fused-ring (bicyclic) bond motifs is 1. The van der Waals surface area contributed by atoms with E-state index in [1.165, 1.54) is 27.0 Å². The van der Waals surface area contributed by atoms with Crippen molar-refractivity contribution in [1.82, 2.24) is 9.29 Å². The van der Waals surface area contributed by atoms with Crippen molar-refractivity contribution < 1.29 is 18.0 Å². The number of rotatable bonds is 5. The second-order valence-electron chi connectivity index (χ2n) is 7.28. The van der Waals surface area contributed by atoms with E-state index in [0.29, 0.717) is 24.6 Å². The van der Waals surface area contributed by atoms with Crippen LogP contribution in [0.3, 0.4) is 0 Å². The number of thioether (sulfide) groups is 1. The van der Waals surface area contributed by atoms with Crippen molar-refractivity contribution in [1.29, 1.82) is 0 Å². The molecule has 0 bridgehead atoms.